The number of carbonyl (C=O) groups excluding carboxylic acids is 2. The third-order valence-corrected chi connectivity index (χ3v) is 4.25. The van der Waals surface area contributed by atoms with Gasteiger partial charge in [-0.1, -0.05) is 0 Å². The van der Waals surface area contributed by atoms with E-state index in [9.17, 15) is 24.5 Å². The second-order valence-electron chi connectivity index (χ2n) is 6.04. The molecule has 1 heterocycles. The molecule has 3 aromatic rings. The minimum absolute atomic E-state index is 0.0383. The molecule has 1 aromatic heterocycles. The van der Waals surface area contributed by atoms with Crippen LogP contribution in [-0.4, -0.2) is 32.9 Å². The van der Waals surface area contributed by atoms with Crippen molar-refractivity contribution in [1.29, 1.82) is 0 Å². The summed E-state index contributed by atoms with van der Waals surface area (Å²) in [5, 5.41) is 13.8. The highest BCUT2D eigenvalue weighted by molar-refractivity contribution is 5.97. The first-order valence-electron chi connectivity index (χ1n) is 8.13. The molecule has 28 heavy (non-hydrogen) atoms. The lowest BCUT2D eigenvalue weighted by Crippen LogP contribution is -2.21. The van der Waals surface area contributed by atoms with Crippen LogP contribution in [0.2, 0.25) is 0 Å². The van der Waals surface area contributed by atoms with Crippen molar-refractivity contribution in [3.63, 3.8) is 0 Å². The van der Waals surface area contributed by atoms with Crippen LogP contribution in [0.5, 0.6) is 5.75 Å². The number of amides is 1. The Hall–Kier alpha value is -3.95. The maximum atomic E-state index is 12.2. The summed E-state index contributed by atoms with van der Waals surface area (Å²) < 4.78 is 7.94. The summed E-state index contributed by atoms with van der Waals surface area (Å²) >= 11 is 0. The highest BCUT2D eigenvalue weighted by atomic mass is 16.6. The van der Waals surface area contributed by atoms with Crippen molar-refractivity contribution in [1.82, 2.24) is 9.13 Å². The van der Waals surface area contributed by atoms with Gasteiger partial charge in [0.05, 0.1) is 16.0 Å². The fourth-order valence-electron chi connectivity index (χ4n) is 2.76. The number of ether oxygens (including phenoxy) is 1. The first-order valence-corrected chi connectivity index (χ1v) is 8.13. The number of hydrogen-bond acceptors (Lipinski definition) is 6. The average Bonchev–Trinajstić information content (AvgIpc) is 2.90. The number of nitro groups is 1. The molecule has 144 valence electrons. The number of nitrogens with one attached hydrogen (secondary N) is 1. The summed E-state index contributed by atoms with van der Waals surface area (Å²) in [6.07, 6.45) is 0.683. The molecule has 2 aromatic carbocycles. The molecule has 0 aliphatic rings. The fraction of sp³-hybridized carbons (Fsp3) is 0.167. The van der Waals surface area contributed by atoms with E-state index in [1.807, 2.05) is 0 Å². The highest BCUT2D eigenvalue weighted by Crippen LogP contribution is 2.29. The van der Waals surface area contributed by atoms with Crippen molar-refractivity contribution in [3.8, 4) is 5.75 Å². The second kappa shape index (κ2) is 7.35. The molecule has 0 fully saturated rings. The van der Waals surface area contributed by atoms with Gasteiger partial charge < -0.3 is 10.1 Å². The van der Waals surface area contributed by atoms with Crippen LogP contribution in [0.15, 0.2) is 41.2 Å². The van der Waals surface area contributed by atoms with Crippen LogP contribution in [0.1, 0.15) is 10.4 Å². The Morgan fingerprint density at radius 2 is 1.79 bits per heavy atom. The largest absolute Gasteiger partial charge is 0.484 e. The molecule has 1 amide bonds. The molecule has 0 bridgehead atoms. The Morgan fingerprint density at radius 1 is 1.18 bits per heavy atom. The van der Waals surface area contributed by atoms with Gasteiger partial charge in [-0.15, -0.1) is 0 Å². The van der Waals surface area contributed by atoms with Crippen molar-refractivity contribution in [3.05, 3.63) is 62.6 Å². The zero-order valence-electron chi connectivity index (χ0n) is 15.0. The van der Waals surface area contributed by atoms with E-state index < -0.39 is 10.8 Å². The number of aldehydes is 1. The molecule has 0 saturated carbocycles. The van der Waals surface area contributed by atoms with Crippen LogP contribution in [0, 0.1) is 10.1 Å². The molecule has 0 radical (unpaired) electrons. The molecule has 0 aliphatic heterocycles. The van der Waals surface area contributed by atoms with Crippen LogP contribution < -0.4 is 15.7 Å². The number of hydrogen-bond donors (Lipinski definition) is 1. The fourth-order valence-corrected chi connectivity index (χ4v) is 2.76. The Kier molecular flexibility index (Phi) is 4.94. The Labute approximate surface area is 158 Å². The predicted molar refractivity (Wildman–Crippen MR) is 101 cm³/mol. The molecule has 3 rings (SSSR count). The molecule has 0 aliphatic carbocycles. The number of benzene rings is 2. The normalized spacial score (nSPS) is 10.6. The molecule has 0 atom stereocenters. The van der Waals surface area contributed by atoms with Gasteiger partial charge in [0, 0.05) is 25.7 Å². The lowest BCUT2D eigenvalue weighted by atomic mass is 10.2. The minimum atomic E-state index is -0.633. The van der Waals surface area contributed by atoms with E-state index in [4.69, 9.17) is 4.74 Å². The Balaban J connectivity index is 1.83. The van der Waals surface area contributed by atoms with Crippen molar-refractivity contribution in [2.24, 2.45) is 14.1 Å². The van der Waals surface area contributed by atoms with Crippen molar-refractivity contribution < 1.29 is 19.2 Å². The number of carbonyl (C=O) groups is 2. The third kappa shape index (κ3) is 3.47. The quantitative estimate of drug-likeness (QED) is 0.391. The van der Waals surface area contributed by atoms with Gasteiger partial charge in [0.25, 0.3) is 11.6 Å². The summed E-state index contributed by atoms with van der Waals surface area (Å²) in [5.74, 6) is -0.237. The third-order valence-electron chi connectivity index (χ3n) is 4.25. The molecule has 10 nitrogen and oxygen atoms in total. The number of fused-ring (bicyclic) bond motifs is 1. The smallest absolute Gasteiger partial charge is 0.328 e. The predicted octanol–water partition coefficient (Wildman–Crippen LogP) is 1.62. The van der Waals surface area contributed by atoms with Gasteiger partial charge in [0.15, 0.2) is 6.61 Å². The van der Waals surface area contributed by atoms with E-state index in [0.29, 0.717) is 28.6 Å². The van der Waals surface area contributed by atoms with E-state index >= 15 is 0 Å². The first-order chi connectivity index (χ1) is 13.3. The van der Waals surface area contributed by atoms with Crippen molar-refractivity contribution >= 4 is 34.6 Å². The molecule has 0 saturated heterocycles. The SMILES string of the molecule is Cn1c(=O)n(C)c2cc([N+](=O)[O-])c(NC(=O)COc3ccc(C=O)cc3)cc21. The van der Waals surface area contributed by atoms with Gasteiger partial charge >= 0.3 is 5.69 Å². The maximum Gasteiger partial charge on any atom is 0.328 e. The van der Waals surface area contributed by atoms with E-state index in [0.717, 1.165) is 0 Å². The van der Waals surface area contributed by atoms with Crippen LogP contribution in [0.25, 0.3) is 11.0 Å². The van der Waals surface area contributed by atoms with E-state index in [-0.39, 0.29) is 23.7 Å². The molecule has 10 heteroatoms. The number of aryl methyl sites for hydroxylation is 2. The molecular weight excluding hydrogens is 368 g/mol. The molecule has 0 spiro atoms. The van der Waals surface area contributed by atoms with E-state index in [1.54, 1.807) is 0 Å². The topological polar surface area (TPSA) is 125 Å². The number of anilines is 1. The standard InChI is InChI=1S/C18H16N4O6/c1-20-15-7-13(14(22(26)27)8-16(15)21(2)18(20)25)19-17(24)10-28-12-5-3-11(9-23)4-6-12/h3-9H,10H2,1-2H3,(H,19,24). The lowest BCUT2D eigenvalue weighted by molar-refractivity contribution is -0.383. The zero-order valence-corrected chi connectivity index (χ0v) is 15.0. The lowest BCUT2D eigenvalue weighted by Gasteiger charge is -2.09. The number of nitro benzene ring substituents is 1. The Morgan fingerprint density at radius 3 is 2.36 bits per heavy atom. The molecule has 0 unspecified atom stereocenters. The summed E-state index contributed by atoms with van der Waals surface area (Å²) in [6, 6.07) is 8.76. The van der Waals surface area contributed by atoms with Crippen molar-refractivity contribution in [2.45, 2.75) is 0 Å². The van der Waals surface area contributed by atoms with Crippen molar-refractivity contribution in [2.75, 3.05) is 11.9 Å². The van der Waals surface area contributed by atoms with Gasteiger partial charge in [-0.3, -0.25) is 28.8 Å². The van der Waals surface area contributed by atoms with Crippen LogP contribution in [0.3, 0.4) is 0 Å². The highest BCUT2D eigenvalue weighted by Gasteiger charge is 2.21. The maximum absolute atomic E-state index is 12.2. The summed E-state index contributed by atoms with van der Waals surface area (Å²) in [5.41, 5.74) is 0.576. The average molecular weight is 384 g/mol. The van der Waals surface area contributed by atoms with Crippen LogP contribution >= 0.6 is 0 Å². The first kappa shape index (κ1) is 18.8. The van der Waals surface area contributed by atoms with E-state index in [1.165, 1.54) is 59.6 Å². The van der Waals surface area contributed by atoms with Crippen LogP contribution in [-0.2, 0) is 18.9 Å². The Bertz CT molecular complexity index is 1140. The van der Waals surface area contributed by atoms with Gasteiger partial charge in [-0.2, -0.15) is 0 Å². The minimum Gasteiger partial charge on any atom is -0.484 e. The monoisotopic (exact) mass is 384 g/mol. The van der Waals surface area contributed by atoms with E-state index in [2.05, 4.69) is 5.32 Å². The number of imidazole rings is 1. The number of aromatic nitrogens is 2. The summed E-state index contributed by atoms with van der Waals surface area (Å²) in [6.45, 7) is -0.386. The number of nitrogens with zero attached hydrogens (tertiary/aromatic N) is 3. The zero-order chi connectivity index (χ0) is 20.4. The van der Waals surface area contributed by atoms with Gasteiger partial charge in [-0.05, 0) is 30.3 Å². The molecular formula is C18H16N4O6. The second-order valence-corrected chi connectivity index (χ2v) is 6.04. The summed E-state index contributed by atoms with van der Waals surface area (Å²) in [4.78, 5) is 45.6. The van der Waals surface area contributed by atoms with Crippen LogP contribution in [0.4, 0.5) is 11.4 Å². The van der Waals surface area contributed by atoms with Gasteiger partial charge in [-0.25, -0.2) is 4.79 Å². The number of rotatable bonds is 6. The summed E-state index contributed by atoms with van der Waals surface area (Å²) in [7, 11) is 3.05. The molecule has 1 N–H and O–H groups in total. The van der Waals surface area contributed by atoms with Gasteiger partial charge in [0.2, 0.25) is 0 Å². The van der Waals surface area contributed by atoms with Gasteiger partial charge in [0.1, 0.15) is 17.7 Å².